The summed E-state index contributed by atoms with van der Waals surface area (Å²) < 4.78 is 5.30. The second kappa shape index (κ2) is 7.23. The van der Waals surface area contributed by atoms with E-state index in [1.54, 1.807) is 43.5 Å². The summed E-state index contributed by atoms with van der Waals surface area (Å²) in [4.78, 5) is 28.8. The second-order valence-corrected chi connectivity index (χ2v) is 7.71. The highest BCUT2D eigenvalue weighted by Gasteiger charge is 2.27. The van der Waals surface area contributed by atoms with Crippen molar-refractivity contribution in [3.8, 4) is 5.75 Å². The first-order valence-electron chi connectivity index (χ1n) is 7.81. The Hall–Kier alpha value is -2.41. The molecule has 0 atom stereocenters. The third kappa shape index (κ3) is 4.57. The Bertz CT molecular complexity index is 788. The van der Waals surface area contributed by atoms with Gasteiger partial charge in [-0.25, -0.2) is 9.78 Å². The average molecular weight is 362 g/mol. The molecule has 0 aliphatic heterocycles. The van der Waals surface area contributed by atoms with E-state index >= 15 is 0 Å². The Morgan fingerprint density at radius 2 is 1.84 bits per heavy atom. The molecule has 2 N–H and O–H groups in total. The molecule has 7 heteroatoms. The molecule has 2 aromatic rings. The molecule has 25 heavy (non-hydrogen) atoms. The number of nitrogens with one attached hydrogen (secondary N) is 1. The molecule has 1 amide bonds. The number of thiazole rings is 1. The fraction of sp³-hybridized carbons (Fsp3) is 0.389. The van der Waals surface area contributed by atoms with Crippen LogP contribution in [0, 0.1) is 20.8 Å². The van der Waals surface area contributed by atoms with E-state index in [0.29, 0.717) is 22.4 Å². The van der Waals surface area contributed by atoms with Crippen LogP contribution in [0.1, 0.15) is 45.2 Å². The van der Waals surface area contributed by atoms with Crippen molar-refractivity contribution >= 4 is 23.2 Å². The first-order valence-corrected chi connectivity index (χ1v) is 8.63. The average Bonchev–Trinajstić information content (AvgIpc) is 2.93. The minimum absolute atomic E-state index is 0.214. The van der Waals surface area contributed by atoms with E-state index in [1.807, 2.05) is 20.8 Å². The molecule has 0 radical (unpaired) electrons. The highest BCUT2D eigenvalue weighted by atomic mass is 32.1. The number of aryl methyl sites for hydroxylation is 3. The summed E-state index contributed by atoms with van der Waals surface area (Å²) in [6.45, 7) is 8.96. The Morgan fingerprint density at radius 3 is 2.32 bits per heavy atom. The number of hydrogen-bond acceptors (Lipinski definition) is 5. The molecular weight excluding hydrogens is 340 g/mol. The molecule has 0 aliphatic carbocycles. The Labute approximate surface area is 150 Å². The zero-order valence-electron chi connectivity index (χ0n) is 15.0. The van der Waals surface area contributed by atoms with Gasteiger partial charge in [-0.1, -0.05) is 0 Å². The van der Waals surface area contributed by atoms with Crippen molar-refractivity contribution in [2.24, 2.45) is 0 Å². The van der Waals surface area contributed by atoms with Crippen molar-refractivity contribution in [1.82, 2.24) is 10.3 Å². The Morgan fingerprint density at radius 1 is 1.24 bits per heavy atom. The van der Waals surface area contributed by atoms with Gasteiger partial charge in [0.15, 0.2) is 6.61 Å². The molecule has 6 nitrogen and oxygen atoms in total. The quantitative estimate of drug-likeness (QED) is 0.824. The van der Waals surface area contributed by atoms with Crippen LogP contribution < -0.4 is 10.1 Å². The van der Waals surface area contributed by atoms with Crippen LogP contribution >= 0.6 is 11.3 Å². The molecule has 0 saturated carbocycles. The number of benzene rings is 1. The lowest BCUT2D eigenvalue weighted by atomic mass is 10.0. The molecule has 1 aromatic heterocycles. The first kappa shape index (κ1) is 18.9. The standard InChI is InChI=1S/C18H22N2O4S/c1-10-6-13(7-11(2)15(10)24-9-14(21)22)16(23)20-18(4,5)17-19-8-12(3)25-17/h6-8H,9H2,1-5H3,(H,20,23)(H,21,22). The topological polar surface area (TPSA) is 88.5 Å². The number of nitrogens with zero attached hydrogens (tertiary/aromatic N) is 1. The first-order chi connectivity index (χ1) is 11.6. The molecule has 0 fully saturated rings. The van der Waals surface area contributed by atoms with E-state index in [2.05, 4.69) is 10.3 Å². The van der Waals surface area contributed by atoms with Crippen LogP contribution in [-0.4, -0.2) is 28.6 Å². The van der Waals surface area contributed by atoms with Gasteiger partial charge in [-0.2, -0.15) is 0 Å². The minimum atomic E-state index is -1.04. The third-order valence-corrected chi connectivity index (χ3v) is 4.88. The van der Waals surface area contributed by atoms with Gasteiger partial charge in [0.1, 0.15) is 10.8 Å². The van der Waals surface area contributed by atoms with Gasteiger partial charge < -0.3 is 15.2 Å². The largest absolute Gasteiger partial charge is 0.481 e. The van der Waals surface area contributed by atoms with Gasteiger partial charge in [0, 0.05) is 16.6 Å². The van der Waals surface area contributed by atoms with Crippen LogP contribution in [-0.2, 0) is 10.3 Å². The highest BCUT2D eigenvalue weighted by Crippen LogP contribution is 2.27. The van der Waals surface area contributed by atoms with Crippen molar-refractivity contribution in [3.05, 3.63) is 44.9 Å². The zero-order valence-corrected chi connectivity index (χ0v) is 15.8. The van der Waals surface area contributed by atoms with Crippen LogP contribution in [0.25, 0.3) is 0 Å². The number of ether oxygens (including phenoxy) is 1. The third-order valence-electron chi connectivity index (χ3n) is 3.64. The zero-order chi connectivity index (χ0) is 18.8. The molecule has 1 heterocycles. The van der Waals surface area contributed by atoms with Crippen LogP contribution in [0.5, 0.6) is 5.75 Å². The maximum absolute atomic E-state index is 12.7. The number of aromatic nitrogens is 1. The molecular formula is C18H22N2O4S. The van der Waals surface area contributed by atoms with Crippen molar-refractivity contribution in [3.63, 3.8) is 0 Å². The van der Waals surface area contributed by atoms with E-state index in [9.17, 15) is 9.59 Å². The number of amides is 1. The maximum Gasteiger partial charge on any atom is 0.341 e. The number of carbonyl (C=O) groups is 2. The fourth-order valence-corrected chi connectivity index (χ4v) is 3.32. The fourth-order valence-electron chi connectivity index (χ4n) is 2.50. The maximum atomic E-state index is 12.7. The molecule has 0 saturated heterocycles. The summed E-state index contributed by atoms with van der Waals surface area (Å²) >= 11 is 1.55. The molecule has 0 aliphatic rings. The molecule has 0 bridgehead atoms. The van der Waals surface area contributed by atoms with E-state index in [0.717, 1.165) is 9.88 Å². The predicted molar refractivity (Wildman–Crippen MR) is 96.4 cm³/mol. The summed E-state index contributed by atoms with van der Waals surface area (Å²) in [7, 11) is 0. The van der Waals surface area contributed by atoms with Gasteiger partial charge in [-0.15, -0.1) is 11.3 Å². The Balaban J connectivity index is 2.20. The molecule has 134 valence electrons. The lowest BCUT2D eigenvalue weighted by Crippen LogP contribution is -2.41. The summed E-state index contributed by atoms with van der Waals surface area (Å²) in [5, 5.41) is 12.6. The van der Waals surface area contributed by atoms with E-state index in [1.165, 1.54) is 0 Å². The second-order valence-electron chi connectivity index (χ2n) is 6.48. The number of aliphatic carboxylic acids is 1. The van der Waals surface area contributed by atoms with Gasteiger partial charge in [0.25, 0.3) is 5.91 Å². The predicted octanol–water partition coefficient (Wildman–Crippen LogP) is 3.20. The van der Waals surface area contributed by atoms with Crippen LogP contribution in [0.3, 0.4) is 0 Å². The summed E-state index contributed by atoms with van der Waals surface area (Å²) in [5.41, 5.74) is 1.35. The Kier molecular flexibility index (Phi) is 5.47. The molecule has 0 unspecified atom stereocenters. The number of carboxylic acids is 1. The number of rotatable bonds is 6. The lowest BCUT2D eigenvalue weighted by Gasteiger charge is -2.24. The van der Waals surface area contributed by atoms with Gasteiger partial charge in [-0.3, -0.25) is 4.79 Å². The van der Waals surface area contributed by atoms with Crippen LogP contribution in [0.2, 0.25) is 0 Å². The van der Waals surface area contributed by atoms with Gasteiger partial charge >= 0.3 is 5.97 Å². The summed E-state index contributed by atoms with van der Waals surface area (Å²) in [5.74, 6) is -0.760. The number of carbonyl (C=O) groups excluding carboxylic acids is 1. The van der Waals surface area contributed by atoms with Crippen molar-refractivity contribution < 1.29 is 19.4 Å². The van der Waals surface area contributed by atoms with E-state index < -0.39 is 18.1 Å². The SMILES string of the molecule is Cc1cnc(C(C)(C)NC(=O)c2cc(C)c(OCC(=O)O)c(C)c2)s1. The summed E-state index contributed by atoms with van der Waals surface area (Å²) in [6.07, 6.45) is 1.79. The minimum Gasteiger partial charge on any atom is -0.481 e. The summed E-state index contributed by atoms with van der Waals surface area (Å²) in [6, 6.07) is 3.39. The number of hydrogen-bond donors (Lipinski definition) is 2. The van der Waals surface area contributed by atoms with E-state index in [4.69, 9.17) is 9.84 Å². The van der Waals surface area contributed by atoms with Crippen molar-refractivity contribution in [1.29, 1.82) is 0 Å². The lowest BCUT2D eigenvalue weighted by molar-refractivity contribution is -0.139. The van der Waals surface area contributed by atoms with Gasteiger partial charge in [0.05, 0.1) is 5.54 Å². The normalized spacial score (nSPS) is 11.2. The van der Waals surface area contributed by atoms with Crippen LogP contribution in [0.4, 0.5) is 0 Å². The molecule has 0 spiro atoms. The van der Waals surface area contributed by atoms with Gasteiger partial charge in [0.2, 0.25) is 0 Å². The van der Waals surface area contributed by atoms with Gasteiger partial charge in [-0.05, 0) is 57.9 Å². The number of carboxylic acid groups (broad SMARTS) is 1. The monoisotopic (exact) mass is 362 g/mol. The molecule has 2 rings (SSSR count). The van der Waals surface area contributed by atoms with Crippen LogP contribution in [0.15, 0.2) is 18.3 Å². The highest BCUT2D eigenvalue weighted by molar-refractivity contribution is 7.11. The molecule has 1 aromatic carbocycles. The smallest absolute Gasteiger partial charge is 0.341 e. The van der Waals surface area contributed by atoms with Crippen molar-refractivity contribution in [2.45, 2.75) is 40.2 Å². The van der Waals surface area contributed by atoms with E-state index in [-0.39, 0.29) is 5.91 Å². The van der Waals surface area contributed by atoms with Crippen molar-refractivity contribution in [2.75, 3.05) is 6.61 Å².